The zero-order valence-corrected chi connectivity index (χ0v) is 7.87. The normalized spacial score (nSPS) is 8.20. The van der Waals surface area contributed by atoms with Crippen LogP contribution in [0.15, 0.2) is 0 Å². The van der Waals surface area contributed by atoms with E-state index in [4.69, 9.17) is 23.2 Å². The second kappa shape index (κ2) is 9.05. The minimum atomic E-state index is -0.153. The fourth-order valence-electron chi connectivity index (χ4n) is 0.236. The maximum Gasteiger partial charge on any atom is 0.308 e. The molecular formula is C6H12Cl2O2. The molecular weight excluding hydrogens is 175 g/mol. The van der Waals surface area contributed by atoms with E-state index in [0.29, 0.717) is 0 Å². The summed E-state index contributed by atoms with van der Waals surface area (Å²) < 4.78 is 4.37. The van der Waals surface area contributed by atoms with E-state index < -0.39 is 0 Å². The topological polar surface area (TPSA) is 26.3 Å². The summed E-state index contributed by atoms with van der Waals surface area (Å²) in [5, 5.41) is 0.194. The third-order valence-corrected chi connectivity index (χ3v) is 0.673. The molecule has 0 radical (unpaired) electrons. The first-order valence-electron chi connectivity index (χ1n) is 2.79. The lowest BCUT2D eigenvalue weighted by Crippen LogP contribution is -2.07. The Kier molecular flexibility index (Phi) is 11.5. The van der Waals surface area contributed by atoms with Crippen molar-refractivity contribution in [2.24, 2.45) is 5.92 Å². The van der Waals surface area contributed by atoms with Crippen LogP contribution in [-0.2, 0) is 9.53 Å². The van der Waals surface area contributed by atoms with Gasteiger partial charge in [-0.25, -0.2) is 0 Å². The summed E-state index contributed by atoms with van der Waals surface area (Å²) >= 11 is 9.53. The van der Waals surface area contributed by atoms with Gasteiger partial charge in [-0.1, -0.05) is 13.8 Å². The number of carbonyl (C=O) groups is 1. The van der Waals surface area contributed by atoms with Gasteiger partial charge in [0.1, 0.15) is 0 Å². The van der Waals surface area contributed by atoms with Gasteiger partial charge in [0, 0.05) is 0 Å². The summed E-state index contributed by atoms with van der Waals surface area (Å²) in [5.41, 5.74) is 0. The number of esters is 1. The number of ether oxygens (including phenoxy) is 1. The van der Waals surface area contributed by atoms with E-state index in [1.165, 1.54) is 7.11 Å². The van der Waals surface area contributed by atoms with Gasteiger partial charge in [0.15, 0.2) is 0 Å². The van der Waals surface area contributed by atoms with E-state index in [2.05, 4.69) is 4.74 Å². The first-order valence-corrected chi connectivity index (χ1v) is 3.86. The van der Waals surface area contributed by atoms with Crippen LogP contribution in [0.25, 0.3) is 0 Å². The van der Waals surface area contributed by atoms with Crippen LogP contribution in [0.2, 0.25) is 0 Å². The first-order chi connectivity index (χ1) is 4.59. The fourth-order valence-corrected chi connectivity index (χ4v) is 0.236. The van der Waals surface area contributed by atoms with Crippen LogP contribution in [0.5, 0.6) is 0 Å². The van der Waals surface area contributed by atoms with Gasteiger partial charge in [-0.2, -0.15) is 0 Å². The molecule has 0 N–H and O–H groups in total. The summed E-state index contributed by atoms with van der Waals surface area (Å²) in [6, 6.07) is 0. The number of alkyl halides is 2. The Morgan fingerprint density at radius 1 is 1.50 bits per heavy atom. The molecule has 10 heavy (non-hydrogen) atoms. The van der Waals surface area contributed by atoms with Crippen LogP contribution in [0, 0.1) is 5.92 Å². The summed E-state index contributed by atoms with van der Waals surface area (Å²) in [4.78, 5) is 10.3. The molecule has 0 saturated carbocycles. The van der Waals surface area contributed by atoms with Crippen molar-refractivity contribution in [3.05, 3.63) is 0 Å². The molecule has 0 saturated heterocycles. The molecule has 0 aromatic heterocycles. The molecule has 2 nitrogen and oxygen atoms in total. The first kappa shape index (κ1) is 12.7. The number of methoxy groups -OCH3 is 1. The molecule has 0 aromatic rings. The van der Waals surface area contributed by atoms with Crippen LogP contribution in [0.4, 0.5) is 0 Å². The van der Waals surface area contributed by atoms with Crippen molar-refractivity contribution < 1.29 is 9.53 Å². The minimum Gasteiger partial charge on any atom is -0.469 e. The Bertz CT molecular complexity index is 83.8. The molecule has 4 heteroatoms. The summed E-state index contributed by atoms with van der Waals surface area (Å²) in [6.45, 7) is 3.59. The van der Waals surface area contributed by atoms with Crippen molar-refractivity contribution in [1.82, 2.24) is 0 Å². The molecule has 0 heterocycles. The van der Waals surface area contributed by atoms with E-state index in [0.717, 1.165) is 0 Å². The smallest absolute Gasteiger partial charge is 0.308 e. The largest absolute Gasteiger partial charge is 0.469 e. The lowest BCUT2D eigenvalue weighted by molar-refractivity contribution is -0.144. The van der Waals surface area contributed by atoms with Crippen LogP contribution in [0.3, 0.4) is 0 Å². The van der Waals surface area contributed by atoms with E-state index in [1.54, 1.807) is 13.8 Å². The zero-order valence-electron chi connectivity index (χ0n) is 6.36. The maximum atomic E-state index is 10.3. The lowest BCUT2D eigenvalue weighted by Gasteiger charge is -1.97. The quantitative estimate of drug-likeness (QED) is 0.464. The van der Waals surface area contributed by atoms with E-state index in [-0.39, 0.29) is 17.2 Å². The highest BCUT2D eigenvalue weighted by atomic mass is 35.5. The third kappa shape index (κ3) is 10.9. The van der Waals surface area contributed by atoms with Gasteiger partial charge in [-0.3, -0.25) is 4.79 Å². The van der Waals surface area contributed by atoms with Crippen molar-refractivity contribution in [2.45, 2.75) is 13.8 Å². The summed E-state index contributed by atoms with van der Waals surface area (Å²) in [5.74, 6) is -0.148. The molecule has 0 aliphatic rings. The number of rotatable bonds is 1. The van der Waals surface area contributed by atoms with Crippen LogP contribution in [0.1, 0.15) is 13.8 Å². The predicted octanol–water partition coefficient (Wildman–Crippen LogP) is 2.24. The average Bonchev–Trinajstić information content (AvgIpc) is 1.88. The predicted molar refractivity (Wildman–Crippen MR) is 43.4 cm³/mol. The van der Waals surface area contributed by atoms with Crippen molar-refractivity contribution in [1.29, 1.82) is 0 Å². The SMILES string of the molecule is COC(=O)C(C)C.ClCCl. The average molecular weight is 187 g/mol. The lowest BCUT2D eigenvalue weighted by atomic mass is 10.2. The zero-order chi connectivity index (χ0) is 8.57. The molecule has 0 spiro atoms. The van der Waals surface area contributed by atoms with Crippen molar-refractivity contribution in [3.8, 4) is 0 Å². The molecule has 0 aliphatic heterocycles. The van der Waals surface area contributed by atoms with Gasteiger partial charge in [0.05, 0.1) is 18.4 Å². The minimum absolute atomic E-state index is 0.00463. The number of halogens is 2. The van der Waals surface area contributed by atoms with Gasteiger partial charge in [-0.05, 0) is 0 Å². The molecule has 0 aromatic carbocycles. The molecule has 0 rings (SSSR count). The van der Waals surface area contributed by atoms with Gasteiger partial charge < -0.3 is 4.74 Å². The Hall–Kier alpha value is 0.0500. The number of carbonyl (C=O) groups excluding carboxylic acids is 1. The second-order valence-electron chi connectivity index (χ2n) is 1.78. The molecule has 0 atom stereocenters. The van der Waals surface area contributed by atoms with E-state index >= 15 is 0 Å². The van der Waals surface area contributed by atoms with Crippen molar-refractivity contribution >= 4 is 29.2 Å². The third-order valence-electron chi connectivity index (χ3n) is 0.673. The Morgan fingerprint density at radius 3 is 1.80 bits per heavy atom. The molecule has 0 amide bonds. The summed E-state index contributed by atoms with van der Waals surface area (Å²) in [7, 11) is 1.39. The van der Waals surface area contributed by atoms with Crippen LogP contribution in [-0.4, -0.2) is 18.4 Å². The Balaban J connectivity index is 0. The Morgan fingerprint density at radius 2 is 1.80 bits per heavy atom. The molecule has 0 fully saturated rings. The van der Waals surface area contributed by atoms with Gasteiger partial charge in [-0.15, -0.1) is 23.2 Å². The Labute approximate surface area is 71.5 Å². The highest BCUT2D eigenvalue weighted by molar-refractivity contribution is 6.40. The van der Waals surface area contributed by atoms with Crippen LogP contribution < -0.4 is 0 Å². The van der Waals surface area contributed by atoms with E-state index in [1.807, 2.05) is 0 Å². The standard InChI is InChI=1S/C5H10O2.CH2Cl2/c1-4(2)5(6)7-3;2-1-3/h4H,1-3H3;1H2. The molecule has 0 aliphatic carbocycles. The molecule has 0 bridgehead atoms. The molecule has 0 unspecified atom stereocenters. The van der Waals surface area contributed by atoms with Gasteiger partial charge in [0.2, 0.25) is 0 Å². The fraction of sp³-hybridized carbons (Fsp3) is 0.833. The van der Waals surface area contributed by atoms with E-state index in [9.17, 15) is 4.79 Å². The molecule has 62 valence electrons. The number of hydrogen-bond acceptors (Lipinski definition) is 2. The van der Waals surface area contributed by atoms with Gasteiger partial charge >= 0.3 is 5.97 Å². The highest BCUT2D eigenvalue weighted by Gasteiger charge is 2.03. The second-order valence-corrected chi connectivity index (χ2v) is 2.59. The van der Waals surface area contributed by atoms with Crippen molar-refractivity contribution in [3.63, 3.8) is 0 Å². The monoisotopic (exact) mass is 186 g/mol. The highest BCUT2D eigenvalue weighted by Crippen LogP contribution is 1.91. The van der Waals surface area contributed by atoms with Crippen molar-refractivity contribution in [2.75, 3.05) is 12.4 Å². The number of hydrogen-bond donors (Lipinski definition) is 0. The summed E-state index contributed by atoms with van der Waals surface area (Å²) in [6.07, 6.45) is 0. The van der Waals surface area contributed by atoms with Crippen LogP contribution >= 0.6 is 23.2 Å². The van der Waals surface area contributed by atoms with Gasteiger partial charge in [0.25, 0.3) is 0 Å². The maximum absolute atomic E-state index is 10.3.